The van der Waals surface area contributed by atoms with Gasteiger partial charge in [-0.15, -0.1) is 0 Å². The molecule has 24 heavy (non-hydrogen) atoms. The van der Waals surface area contributed by atoms with Crippen molar-refractivity contribution in [2.45, 2.75) is 4.90 Å². The minimum absolute atomic E-state index is 0.578. The van der Waals surface area contributed by atoms with Gasteiger partial charge in [-0.3, -0.25) is 0 Å². The molecule has 1 aliphatic heterocycles. The summed E-state index contributed by atoms with van der Waals surface area (Å²) in [6, 6.07) is 15.7. The Hall–Kier alpha value is -2.37. The monoisotopic (exact) mass is 353 g/mol. The SMILES string of the molecule is F[n+]1c(C=CC=CC=C2Nc3ccccc3S2)sc2ccccc21. The number of halogens is 1. The van der Waals surface area contributed by atoms with Crippen LogP contribution in [-0.2, 0) is 0 Å². The van der Waals surface area contributed by atoms with Crippen LogP contribution < -0.4 is 10.1 Å². The number of nitrogens with zero attached hydrogens (tertiary/aromatic N) is 1. The molecular weight excluding hydrogens is 339 g/mol. The third-order valence-electron chi connectivity index (χ3n) is 3.56. The highest BCUT2D eigenvalue weighted by atomic mass is 32.2. The predicted octanol–water partition coefficient (Wildman–Crippen LogP) is 5.55. The number of fused-ring (bicyclic) bond motifs is 2. The molecule has 1 N–H and O–H groups in total. The van der Waals surface area contributed by atoms with Crippen molar-refractivity contribution in [3.05, 3.63) is 82.9 Å². The summed E-state index contributed by atoms with van der Waals surface area (Å²) in [6.45, 7) is 0. The second-order valence-corrected chi connectivity index (χ2v) is 7.33. The Labute approximate surface area is 147 Å². The summed E-state index contributed by atoms with van der Waals surface area (Å²) >= 11 is 3.14. The van der Waals surface area contributed by atoms with Gasteiger partial charge in [0.15, 0.2) is 0 Å². The summed E-state index contributed by atoms with van der Waals surface area (Å²) in [5, 5.41) is 5.02. The number of allylic oxidation sites excluding steroid dienone is 4. The highest BCUT2D eigenvalue weighted by Gasteiger charge is 2.18. The third-order valence-corrected chi connectivity index (χ3v) is 5.66. The summed E-state index contributed by atoms with van der Waals surface area (Å²) < 4.78 is 15.1. The topological polar surface area (TPSA) is 15.9 Å². The van der Waals surface area contributed by atoms with Crippen molar-refractivity contribution in [3.8, 4) is 0 Å². The minimum Gasteiger partial charge on any atom is -0.349 e. The first-order chi connectivity index (χ1) is 11.8. The Morgan fingerprint density at radius 1 is 0.958 bits per heavy atom. The molecular formula is C19H14FN2S2+. The molecule has 0 unspecified atom stereocenters. The molecule has 118 valence electrons. The van der Waals surface area contributed by atoms with Crippen molar-refractivity contribution in [3.63, 3.8) is 0 Å². The minimum atomic E-state index is 0.578. The van der Waals surface area contributed by atoms with Gasteiger partial charge in [0.05, 0.1) is 15.2 Å². The molecule has 2 aromatic carbocycles. The quantitative estimate of drug-likeness (QED) is 0.621. The highest BCUT2D eigenvalue weighted by molar-refractivity contribution is 8.03. The number of hydrogen-bond donors (Lipinski definition) is 1. The fourth-order valence-corrected chi connectivity index (χ4v) is 4.30. The first-order valence-electron chi connectivity index (χ1n) is 7.50. The van der Waals surface area contributed by atoms with Gasteiger partial charge in [-0.1, -0.05) is 65.6 Å². The van der Waals surface area contributed by atoms with Crippen molar-refractivity contribution in [1.29, 1.82) is 0 Å². The maximum Gasteiger partial charge on any atom is 0.310 e. The molecule has 5 heteroatoms. The number of para-hydroxylation sites is 2. The van der Waals surface area contributed by atoms with E-state index in [4.69, 9.17) is 0 Å². The van der Waals surface area contributed by atoms with Gasteiger partial charge in [0, 0.05) is 21.8 Å². The van der Waals surface area contributed by atoms with E-state index < -0.39 is 0 Å². The molecule has 0 aliphatic carbocycles. The highest BCUT2D eigenvalue weighted by Crippen LogP contribution is 2.40. The van der Waals surface area contributed by atoms with E-state index in [1.165, 1.54) is 16.2 Å². The molecule has 2 heterocycles. The standard InChI is InChI=1S/C19H13FN2S2/c20-22-15-9-5-7-11-17(15)24-19(22)13-3-1-2-12-18-21-14-8-4-6-10-16(14)23-18/h1-13H/p+1. The summed E-state index contributed by atoms with van der Waals surface area (Å²) in [4.78, 5) is 1.96. The van der Waals surface area contributed by atoms with Crippen LogP contribution in [0, 0.1) is 0 Å². The first kappa shape index (κ1) is 15.2. The van der Waals surface area contributed by atoms with Crippen LogP contribution in [0.4, 0.5) is 10.2 Å². The van der Waals surface area contributed by atoms with Gasteiger partial charge < -0.3 is 5.32 Å². The van der Waals surface area contributed by atoms with Gasteiger partial charge in [-0.05, 0) is 24.3 Å². The van der Waals surface area contributed by atoms with Crippen molar-refractivity contribution in [2.24, 2.45) is 0 Å². The summed E-state index contributed by atoms with van der Waals surface area (Å²) in [5.41, 5.74) is 1.75. The van der Waals surface area contributed by atoms with Crippen LogP contribution in [0.25, 0.3) is 16.3 Å². The molecule has 0 saturated carbocycles. The largest absolute Gasteiger partial charge is 0.349 e. The van der Waals surface area contributed by atoms with Crippen molar-refractivity contribution < 1.29 is 9.27 Å². The number of aromatic nitrogens is 1. The second-order valence-electron chi connectivity index (χ2n) is 5.19. The Balaban J connectivity index is 1.45. The van der Waals surface area contributed by atoms with Gasteiger partial charge in [-0.2, -0.15) is 0 Å². The molecule has 2 nitrogen and oxygen atoms in total. The Morgan fingerprint density at radius 3 is 2.67 bits per heavy atom. The number of anilines is 1. The molecule has 1 aromatic heterocycles. The van der Waals surface area contributed by atoms with E-state index in [1.807, 2.05) is 54.6 Å². The van der Waals surface area contributed by atoms with Gasteiger partial charge >= 0.3 is 5.01 Å². The maximum atomic E-state index is 14.2. The zero-order valence-corrected chi connectivity index (χ0v) is 14.3. The maximum absolute atomic E-state index is 14.2. The average molecular weight is 353 g/mol. The lowest BCUT2D eigenvalue weighted by Gasteiger charge is -1.95. The number of benzene rings is 2. The van der Waals surface area contributed by atoms with E-state index in [-0.39, 0.29) is 0 Å². The molecule has 4 rings (SSSR count). The fraction of sp³-hybridized carbons (Fsp3) is 0. The normalized spacial score (nSPS) is 15.6. The van der Waals surface area contributed by atoms with Gasteiger partial charge in [0.2, 0.25) is 0 Å². The van der Waals surface area contributed by atoms with E-state index in [9.17, 15) is 4.48 Å². The zero-order chi connectivity index (χ0) is 16.4. The number of thioether (sulfide) groups is 1. The summed E-state index contributed by atoms with van der Waals surface area (Å²) in [6.07, 6.45) is 9.51. The van der Waals surface area contributed by atoms with Crippen LogP contribution in [0.3, 0.4) is 0 Å². The number of nitrogens with one attached hydrogen (secondary N) is 1. The molecule has 0 spiro atoms. The van der Waals surface area contributed by atoms with Crippen molar-refractivity contribution >= 4 is 45.1 Å². The lowest BCUT2D eigenvalue weighted by atomic mass is 10.3. The smallest absolute Gasteiger partial charge is 0.310 e. The molecule has 0 atom stereocenters. The van der Waals surface area contributed by atoms with Crippen LogP contribution in [0.5, 0.6) is 0 Å². The predicted molar refractivity (Wildman–Crippen MR) is 101 cm³/mol. The molecule has 0 fully saturated rings. The van der Waals surface area contributed by atoms with Gasteiger partial charge in [0.1, 0.15) is 4.70 Å². The molecule has 0 bridgehead atoms. The van der Waals surface area contributed by atoms with E-state index in [1.54, 1.807) is 23.9 Å². The Morgan fingerprint density at radius 2 is 1.79 bits per heavy atom. The van der Waals surface area contributed by atoms with E-state index in [0.29, 0.717) is 10.5 Å². The first-order valence-corrected chi connectivity index (χ1v) is 9.13. The number of thiazole rings is 1. The third kappa shape index (κ3) is 3.00. The Bertz CT molecular complexity index is 959. The lowest BCUT2D eigenvalue weighted by Crippen LogP contribution is -2.22. The molecule has 0 amide bonds. The van der Waals surface area contributed by atoms with Crippen LogP contribution >= 0.6 is 23.1 Å². The zero-order valence-electron chi connectivity index (χ0n) is 12.6. The molecule has 3 aromatic rings. The molecule has 1 aliphatic rings. The van der Waals surface area contributed by atoms with E-state index >= 15 is 0 Å². The van der Waals surface area contributed by atoms with Crippen LogP contribution in [-0.4, -0.2) is 0 Å². The second kappa shape index (κ2) is 6.63. The molecule has 0 radical (unpaired) electrons. The average Bonchev–Trinajstić information content (AvgIpc) is 3.16. The van der Waals surface area contributed by atoms with Gasteiger partial charge in [-0.25, -0.2) is 0 Å². The number of hydrogen-bond acceptors (Lipinski definition) is 3. The number of rotatable bonds is 3. The van der Waals surface area contributed by atoms with E-state index in [0.717, 1.165) is 20.2 Å². The fourth-order valence-electron chi connectivity index (χ4n) is 2.43. The molecule has 0 saturated heterocycles. The summed E-state index contributed by atoms with van der Waals surface area (Å²) in [5.74, 6) is 0. The lowest BCUT2D eigenvalue weighted by molar-refractivity contribution is -0.819. The van der Waals surface area contributed by atoms with Crippen molar-refractivity contribution in [1.82, 2.24) is 0 Å². The summed E-state index contributed by atoms with van der Waals surface area (Å²) in [7, 11) is 0. The Kier molecular flexibility index (Phi) is 4.19. The van der Waals surface area contributed by atoms with Crippen LogP contribution in [0.15, 0.2) is 82.8 Å². The van der Waals surface area contributed by atoms with Crippen LogP contribution in [0.2, 0.25) is 0 Å². The van der Waals surface area contributed by atoms with Crippen molar-refractivity contribution in [2.75, 3.05) is 5.32 Å². The van der Waals surface area contributed by atoms with E-state index in [2.05, 4.69) is 17.4 Å². The van der Waals surface area contributed by atoms with Gasteiger partial charge in [0.25, 0.3) is 5.52 Å². The van der Waals surface area contributed by atoms with Crippen LogP contribution in [0.1, 0.15) is 5.01 Å².